The van der Waals surface area contributed by atoms with E-state index in [2.05, 4.69) is 26.3 Å². The molecule has 4 aliphatic rings. The Labute approximate surface area is 192 Å². The number of urea groups is 1. The van der Waals surface area contributed by atoms with E-state index < -0.39 is 0 Å². The third-order valence-electron chi connectivity index (χ3n) is 7.03. The molecule has 0 atom stereocenters. The minimum atomic E-state index is -0.385. The molecule has 0 radical (unpaired) electrons. The second kappa shape index (κ2) is 8.68. The van der Waals surface area contributed by atoms with Gasteiger partial charge in [-0.15, -0.1) is 0 Å². The predicted octanol–water partition coefficient (Wildman–Crippen LogP) is 1.18. The van der Waals surface area contributed by atoms with E-state index in [9.17, 15) is 9.59 Å². The van der Waals surface area contributed by atoms with Crippen LogP contribution < -0.4 is 15.5 Å². The summed E-state index contributed by atoms with van der Waals surface area (Å²) < 4.78 is 14.4. The Bertz CT molecular complexity index is 1050. The van der Waals surface area contributed by atoms with Gasteiger partial charge in [-0.25, -0.2) is 9.78 Å². The Morgan fingerprint density at radius 2 is 1.88 bits per heavy atom. The van der Waals surface area contributed by atoms with Crippen molar-refractivity contribution in [1.82, 2.24) is 25.1 Å². The third-order valence-corrected chi connectivity index (χ3v) is 7.03. The average Bonchev–Trinajstić information content (AvgIpc) is 3.61. The van der Waals surface area contributed by atoms with E-state index in [1.165, 1.54) is 18.4 Å². The molecule has 2 aromatic rings. The standard InChI is InChI=1S/C23H30N6O4/c30-20-3-6-28(23(31)26-20)16-9-18-19(15-1-2-15)11-29(22(18)25-10-16)17-13-32-21(33-14-17)12-27-7-4-24-5-8-27/h9-11,15,17,21,24H,1-8,12-14H2,(H,26,30,31). The summed E-state index contributed by atoms with van der Waals surface area (Å²) in [6.45, 7) is 6.42. The summed E-state index contributed by atoms with van der Waals surface area (Å²) in [7, 11) is 0. The Morgan fingerprint density at radius 1 is 1.09 bits per heavy atom. The summed E-state index contributed by atoms with van der Waals surface area (Å²) in [6.07, 6.45) is 6.38. The first-order valence-electron chi connectivity index (χ1n) is 11.9. The van der Waals surface area contributed by atoms with Gasteiger partial charge in [0.25, 0.3) is 0 Å². The summed E-state index contributed by atoms with van der Waals surface area (Å²) in [4.78, 5) is 32.6. The van der Waals surface area contributed by atoms with Crippen molar-refractivity contribution in [3.8, 4) is 0 Å². The normalized spacial score (nSPS) is 27.2. The molecule has 4 fully saturated rings. The zero-order valence-corrected chi connectivity index (χ0v) is 18.7. The molecular formula is C23H30N6O4. The molecule has 5 heterocycles. The van der Waals surface area contributed by atoms with E-state index in [1.807, 2.05) is 6.07 Å². The van der Waals surface area contributed by atoms with E-state index >= 15 is 0 Å². The quantitative estimate of drug-likeness (QED) is 0.700. The van der Waals surface area contributed by atoms with Gasteiger partial charge >= 0.3 is 6.03 Å². The number of pyridine rings is 1. The Balaban J connectivity index is 1.21. The lowest BCUT2D eigenvalue weighted by Crippen LogP contribution is -2.49. The molecule has 176 valence electrons. The molecule has 2 N–H and O–H groups in total. The van der Waals surface area contributed by atoms with Crippen molar-refractivity contribution < 1.29 is 19.1 Å². The highest BCUT2D eigenvalue weighted by Gasteiger charge is 2.32. The van der Waals surface area contributed by atoms with Crippen molar-refractivity contribution in [2.24, 2.45) is 0 Å². The molecule has 10 nitrogen and oxygen atoms in total. The number of aromatic nitrogens is 2. The molecule has 0 bridgehead atoms. The maximum Gasteiger partial charge on any atom is 0.328 e. The minimum absolute atomic E-state index is 0.0635. The van der Waals surface area contributed by atoms with Gasteiger partial charge in [-0.1, -0.05) is 0 Å². The lowest BCUT2D eigenvalue weighted by atomic mass is 10.1. The van der Waals surface area contributed by atoms with Crippen LogP contribution in [0.4, 0.5) is 10.5 Å². The van der Waals surface area contributed by atoms with Crippen LogP contribution in [0.5, 0.6) is 0 Å². The van der Waals surface area contributed by atoms with Crippen LogP contribution in [-0.4, -0.2) is 85.2 Å². The zero-order valence-electron chi connectivity index (χ0n) is 18.7. The first-order chi connectivity index (χ1) is 16.2. The Kier molecular flexibility index (Phi) is 5.53. The number of fused-ring (bicyclic) bond motifs is 1. The van der Waals surface area contributed by atoms with Crippen LogP contribution in [0, 0.1) is 0 Å². The van der Waals surface area contributed by atoms with Crippen LogP contribution in [0.25, 0.3) is 11.0 Å². The fraction of sp³-hybridized carbons (Fsp3) is 0.609. The summed E-state index contributed by atoms with van der Waals surface area (Å²) in [5, 5.41) is 6.83. The summed E-state index contributed by atoms with van der Waals surface area (Å²) in [5.74, 6) is 0.302. The van der Waals surface area contributed by atoms with Crippen LogP contribution in [0.2, 0.25) is 0 Å². The van der Waals surface area contributed by atoms with Crippen molar-refractivity contribution >= 4 is 28.7 Å². The molecule has 1 saturated carbocycles. The van der Waals surface area contributed by atoms with E-state index in [0.717, 1.165) is 49.4 Å². The smallest absolute Gasteiger partial charge is 0.328 e. The molecule has 0 spiro atoms. The van der Waals surface area contributed by atoms with E-state index in [4.69, 9.17) is 14.5 Å². The van der Waals surface area contributed by atoms with Gasteiger partial charge in [-0.05, 0) is 30.4 Å². The number of piperazine rings is 1. The fourth-order valence-electron chi connectivity index (χ4n) is 5.00. The number of ether oxygens (including phenoxy) is 2. The predicted molar refractivity (Wildman–Crippen MR) is 121 cm³/mol. The number of carbonyl (C=O) groups excluding carboxylic acids is 2. The molecule has 1 aliphatic carbocycles. The van der Waals surface area contributed by atoms with Gasteiger partial charge < -0.3 is 19.4 Å². The van der Waals surface area contributed by atoms with Crippen molar-refractivity contribution in [2.75, 3.05) is 57.4 Å². The molecule has 6 rings (SSSR count). The highest BCUT2D eigenvalue weighted by atomic mass is 16.7. The van der Waals surface area contributed by atoms with Gasteiger partial charge in [0.2, 0.25) is 5.91 Å². The average molecular weight is 455 g/mol. The van der Waals surface area contributed by atoms with Gasteiger partial charge in [0.1, 0.15) is 5.65 Å². The van der Waals surface area contributed by atoms with Crippen molar-refractivity contribution in [3.63, 3.8) is 0 Å². The van der Waals surface area contributed by atoms with Crippen LogP contribution in [0.15, 0.2) is 18.5 Å². The summed E-state index contributed by atoms with van der Waals surface area (Å²) in [6, 6.07) is 1.72. The van der Waals surface area contributed by atoms with E-state index in [-0.39, 0.29) is 24.3 Å². The maximum atomic E-state index is 12.3. The largest absolute Gasteiger partial charge is 0.349 e. The highest BCUT2D eigenvalue weighted by molar-refractivity contribution is 6.06. The van der Waals surface area contributed by atoms with Gasteiger partial charge in [-0.3, -0.25) is 19.9 Å². The monoisotopic (exact) mass is 454 g/mol. The number of amides is 3. The second-order valence-electron chi connectivity index (χ2n) is 9.39. The van der Waals surface area contributed by atoms with Gasteiger partial charge in [0.15, 0.2) is 6.29 Å². The number of hydrogen-bond acceptors (Lipinski definition) is 7. The van der Waals surface area contributed by atoms with Gasteiger partial charge in [0.05, 0.1) is 31.1 Å². The number of nitrogens with zero attached hydrogens (tertiary/aromatic N) is 4. The van der Waals surface area contributed by atoms with Gasteiger partial charge in [0, 0.05) is 57.3 Å². The molecule has 0 aromatic carbocycles. The van der Waals surface area contributed by atoms with E-state index in [0.29, 0.717) is 32.1 Å². The SMILES string of the molecule is O=C1CCN(c2cnc3c(c2)c(C2CC2)cn3C2COC(CN3CCNCC3)OC2)C(=O)N1. The first-order valence-corrected chi connectivity index (χ1v) is 11.9. The molecular weight excluding hydrogens is 424 g/mol. The third kappa shape index (κ3) is 4.23. The summed E-state index contributed by atoms with van der Waals surface area (Å²) >= 11 is 0. The number of rotatable bonds is 5. The highest BCUT2D eigenvalue weighted by Crippen LogP contribution is 2.45. The van der Waals surface area contributed by atoms with Crippen molar-refractivity contribution in [1.29, 1.82) is 0 Å². The number of carbonyl (C=O) groups is 2. The lowest BCUT2D eigenvalue weighted by Gasteiger charge is -2.35. The Morgan fingerprint density at radius 3 is 2.61 bits per heavy atom. The molecule has 3 aliphatic heterocycles. The number of anilines is 1. The number of hydrogen-bond donors (Lipinski definition) is 2. The zero-order chi connectivity index (χ0) is 22.4. The molecule has 3 amide bonds. The first kappa shape index (κ1) is 21.0. The van der Waals surface area contributed by atoms with Gasteiger partial charge in [-0.2, -0.15) is 0 Å². The van der Waals surface area contributed by atoms with Crippen LogP contribution >= 0.6 is 0 Å². The van der Waals surface area contributed by atoms with Crippen molar-refractivity contribution in [3.05, 3.63) is 24.0 Å². The second-order valence-corrected chi connectivity index (χ2v) is 9.39. The van der Waals surface area contributed by atoms with E-state index in [1.54, 1.807) is 11.1 Å². The minimum Gasteiger partial charge on any atom is -0.349 e. The lowest BCUT2D eigenvalue weighted by molar-refractivity contribution is -0.203. The molecule has 10 heteroatoms. The van der Waals surface area contributed by atoms with Crippen molar-refractivity contribution in [2.45, 2.75) is 37.5 Å². The number of nitrogens with one attached hydrogen (secondary N) is 2. The number of imide groups is 1. The topological polar surface area (TPSA) is 101 Å². The maximum absolute atomic E-state index is 12.3. The molecule has 33 heavy (non-hydrogen) atoms. The van der Waals surface area contributed by atoms with Crippen LogP contribution in [0.1, 0.15) is 36.8 Å². The fourth-order valence-corrected chi connectivity index (χ4v) is 5.00. The molecule has 3 saturated heterocycles. The summed E-state index contributed by atoms with van der Waals surface area (Å²) in [5.41, 5.74) is 2.89. The van der Waals surface area contributed by atoms with Crippen LogP contribution in [0.3, 0.4) is 0 Å². The molecule has 2 aromatic heterocycles. The Hall–Kier alpha value is -2.53. The van der Waals surface area contributed by atoms with Crippen LogP contribution in [-0.2, 0) is 14.3 Å². The molecule has 0 unspecified atom stereocenters.